The van der Waals surface area contributed by atoms with Gasteiger partial charge in [-0.3, -0.25) is 4.79 Å². The van der Waals surface area contributed by atoms with Crippen molar-refractivity contribution in [1.82, 2.24) is 10.5 Å². The topological polar surface area (TPSA) is 111 Å². The van der Waals surface area contributed by atoms with E-state index in [1.54, 1.807) is 6.07 Å². The maximum absolute atomic E-state index is 12.0. The molecule has 2 N–H and O–H groups in total. The summed E-state index contributed by atoms with van der Waals surface area (Å²) in [7, 11) is 2.99. The van der Waals surface area contributed by atoms with Gasteiger partial charge in [-0.25, -0.2) is 4.79 Å². The van der Waals surface area contributed by atoms with E-state index in [9.17, 15) is 9.59 Å². The normalized spacial score (nSPS) is 10.4. The number of carbonyl (C=O) groups is 2. The van der Waals surface area contributed by atoms with E-state index in [1.807, 2.05) is 0 Å². The van der Waals surface area contributed by atoms with Gasteiger partial charge in [-0.05, 0) is 24.1 Å². The first-order valence-electron chi connectivity index (χ1n) is 7.18. The van der Waals surface area contributed by atoms with Gasteiger partial charge in [-0.15, -0.1) is 0 Å². The van der Waals surface area contributed by atoms with E-state index in [0.29, 0.717) is 24.5 Å². The predicted molar refractivity (Wildman–Crippen MR) is 83.2 cm³/mol. The van der Waals surface area contributed by atoms with Crippen LogP contribution in [-0.2, 0) is 17.8 Å². The summed E-state index contributed by atoms with van der Waals surface area (Å²) in [5.74, 6) is -0.449. The van der Waals surface area contributed by atoms with Gasteiger partial charge < -0.3 is 24.4 Å². The lowest BCUT2D eigenvalue weighted by Gasteiger charge is -2.09. The Kier molecular flexibility index (Phi) is 5.91. The first-order chi connectivity index (χ1) is 11.5. The van der Waals surface area contributed by atoms with Crippen molar-refractivity contribution in [2.45, 2.75) is 13.0 Å². The molecule has 0 atom stereocenters. The quantitative estimate of drug-likeness (QED) is 0.752. The first-order valence-corrected chi connectivity index (χ1v) is 7.18. The molecule has 0 unspecified atom stereocenters. The van der Waals surface area contributed by atoms with Gasteiger partial charge in [0.2, 0.25) is 0 Å². The van der Waals surface area contributed by atoms with Gasteiger partial charge in [-0.2, -0.15) is 0 Å². The van der Waals surface area contributed by atoms with Crippen molar-refractivity contribution in [2.75, 3.05) is 20.8 Å². The Labute approximate surface area is 138 Å². The molecule has 0 spiro atoms. The number of benzene rings is 1. The fourth-order valence-electron chi connectivity index (χ4n) is 2.12. The Morgan fingerprint density at radius 1 is 1.29 bits per heavy atom. The second-order valence-corrected chi connectivity index (χ2v) is 4.95. The molecule has 1 heterocycles. The number of methoxy groups -OCH3 is 2. The number of nitrogens with one attached hydrogen (secondary N) is 1. The number of hydrogen-bond acceptors (Lipinski definition) is 6. The molecule has 1 aromatic carbocycles. The second-order valence-electron chi connectivity index (χ2n) is 4.95. The number of carboxylic acid groups (broad SMARTS) is 1. The van der Waals surface area contributed by atoms with Crippen LogP contribution >= 0.6 is 0 Å². The lowest BCUT2D eigenvalue weighted by atomic mass is 10.1. The molecule has 1 amide bonds. The Morgan fingerprint density at radius 2 is 2.08 bits per heavy atom. The smallest absolute Gasteiger partial charge is 0.335 e. The molecule has 0 fully saturated rings. The van der Waals surface area contributed by atoms with Gasteiger partial charge in [0.25, 0.3) is 5.91 Å². The largest absolute Gasteiger partial charge is 0.496 e. The zero-order valence-corrected chi connectivity index (χ0v) is 13.4. The molecule has 0 aliphatic rings. The molecule has 0 bridgehead atoms. The molecule has 0 saturated heterocycles. The zero-order valence-electron chi connectivity index (χ0n) is 13.4. The van der Waals surface area contributed by atoms with Crippen LogP contribution < -0.4 is 10.1 Å². The molecule has 2 rings (SSSR count). The van der Waals surface area contributed by atoms with Crippen LogP contribution in [-0.4, -0.2) is 42.9 Å². The number of ether oxygens (including phenoxy) is 2. The molecular formula is C16H18N2O6. The zero-order chi connectivity index (χ0) is 17.5. The van der Waals surface area contributed by atoms with E-state index in [2.05, 4.69) is 10.5 Å². The lowest BCUT2D eigenvalue weighted by molar-refractivity contribution is 0.0696. The van der Waals surface area contributed by atoms with Crippen LogP contribution in [0.1, 0.15) is 32.2 Å². The van der Waals surface area contributed by atoms with Gasteiger partial charge in [0, 0.05) is 19.7 Å². The average Bonchev–Trinajstić information content (AvgIpc) is 3.04. The number of carboxylic acids is 1. The minimum absolute atomic E-state index is 0.146. The van der Waals surface area contributed by atoms with Crippen LogP contribution in [0.3, 0.4) is 0 Å². The highest BCUT2D eigenvalue weighted by Gasteiger charge is 2.13. The van der Waals surface area contributed by atoms with E-state index < -0.39 is 5.97 Å². The Morgan fingerprint density at radius 3 is 2.75 bits per heavy atom. The fourth-order valence-corrected chi connectivity index (χ4v) is 2.12. The van der Waals surface area contributed by atoms with Crippen LogP contribution in [0.4, 0.5) is 0 Å². The Balaban J connectivity index is 1.93. The van der Waals surface area contributed by atoms with Crippen LogP contribution in [0.5, 0.6) is 5.75 Å². The number of hydrogen-bond donors (Lipinski definition) is 2. The summed E-state index contributed by atoms with van der Waals surface area (Å²) >= 11 is 0. The van der Waals surface area contributed by atoms with Crippen LogP contribution in [0, 0.1) is 0 Å². The maximum Gasteiger partial charge on any atom is 0.335 e. The summed E-state index contributed by atoms with van der Waals surface area (Å²) in [6.07, 6.45) is 0.484. The summed E-state index contributed by atoms with van der Waals surface area (Å²) in [5.41, 5.74) is 1.12. The molecule has 0 aliphatic heterocycles. The number of nitrogens with zero attached hydrogens (tertiary/aromatic N) is 1. The van der Waals surface area contributed by atoms with Crippen LogP contribution in [0.15, 0.2) is 28.8 Å². The molecule has 2 aromatic rings. The van der Waals surface area contributed by atoms with Gasteiger partial charge in [-0.1, -0.05) is 11.2 Å². The molecule has 8 nitrogen and oxygen atoms in total. The first kappa shape index (κ1) is 17.5. The van der Waals surface area contributed by atoms with Crippen molar-refractivity contribution in [3.63, 3.8) is 0 Å². The average molecular weight is 334 g/mol. The number of aromatic carboxylic acids is 1. The highest BCUT2D eigenvalue weighted by molar-refractivity contribution is 5.92. The van der Waals surface area contributed by atoms with E-state index in [4.69, 9.17) is 19.1 Å². The highest BCUT2D eigenvalue weighted by atomic mass is 16.5. The molecule has 8 heteroatoms. The molecule has 128 valence electrons. The van der Waals surface area contributed by atoms with Gasteiger partial charge in [0.15, 0.2) is 11.5 Å². The minimum Gasteiger partial charge on any atom is -0.496 e. The van der Waals surface area contributed by atoms with Crippen molar-refractivity contribution in [1.29, 1.82) is 0 Å². The van der Waals surface area contributed by atoms with Gasteiger partial charge in [0.1, 0.15) is 12.4 Å². The summed E-state index contributed by atoms with van der Waals surface area (Å²) in [5, 5.41) is 15.4. The second kappa shape index (κ2) is 8.11. The molecular weight excluding hydrogens is 316 g/mol. The summed E-state index contributed by atoms with van der Waals surface area (Å²) in [6, 6.07) is 6.13. The fraction of sp³-hybridized carbons (Fsp3) is 0.312. The van der Waals surface area contributed by atoms with Crippen molar-refractivity contribution in [3.8, 4) is 5.75 Å². The molecule has 1 aromatic heterocycles. The standard InChI is InChI=1S/C16H18N2O6/c1-22-9-12-8-13(18-24-12)15(19)17-6-5-10-3-4-11(16(20)21)7-14(10)23-2/h3-4,7-8H,5-6,9H2,1-2H3,(H,17,19)(H,20,21). The third-order valence-electron chi connectivity index (χ3n) is 3.29. The van der Waals surface area contributed by atoms with Gasteiger partial charge in [0.05, 0.1) is 12.7 Å². The van der Waals surface area contributed by atoms with Gasteiger partial charge >= 0.3 is 5.97 Å². The monoisotopic (exact) mass is 334 g/mol. The predicted octanol–water partition coefficient (Wildman–Crippen LogP) is 1.50. The summed E-state index contributed by atoms with van der Waals surface area (Å²) in [4.78, 5) is 22.9. The molecule has 0 aliphatic carbocycles. The Bertz CT molecular complexity index is 725. The molecule has 0 saturated carbocycles. The van der Waals surface area contributed by atoms with E-state index in [0.717, 1.165) is 5.56 Å². The van der Waals surface area contributed by atoms with Crippen molar-refractivity contribution in [2.24, 2.45) is 0 Å². The molecule has 24 heavy (non-hydrogen) atoms. The third-order valence-corrected chi connectivity index (χ3v) is 3.29. The van der Waals surface area contributed by atoms with Crippen molar-refractivity contribution in [3.05, 3.63) is 46.8 Å². The van der Waals surface area contributed by atoms with E-state index in [-0.39, 0.29) is 23.8 Å². The maximum atomic E-state index is 12.0. The van der Waals surface area contributed by atoms with Crippen LogP contribution in [0.2, 0.25) is 0 Å². The Hall–Kier alpha value is -2.87. The van der Waals surface area contributed by atoms with Crippen molar-refractivity contribution < 1.29 is 28.7 Å². The SMILES string of the molecule is COCc1cc(C(=O)NCCc2ccc(C(=O)O)cc2OC)no1. The third kappa shape index (κ3) is 4.32. The molecule has 0 radical (unpaired) electrons. The van der Waals surface area contributed by atoms with Crippen molar-refractivity contribution >= 4 is 11.9 Å². The highest BCUT2D eigenvalue weighted by Crippen LogP contribution is 2.20. The summed E-state index contributed by atoms with van der Waals surface area (Å²) < 4.78 is 15.0. The minimum atomic E-state index is -1.02. The van der Waals surface area contributed by atoms with Crippen LogP contribution in [0.25, 0.3) is 0 Å². The number of amides is 1. The number of carbonyl (C=O) groups excluding carboxylic acids is 1. The lowest BCUT2D eigenvalue weighted by Crippen LogP contribution is -2.26. The van der Waals surface area contributed by atoms with E-state index in [1.165, 1.54) is 32.4 Å². The summed E-state index contributed by atoms with van der Waals surface area (Å²) in [6.45, 7) is 0.585. The number of aromatic nitrogens is 1. The van der Waals surface area contributed by atoms with E-state index >= 15 is 0 Å². The number of rotatable bonds is 8.